The minimum absolute atomic E-state index is 0.0259. The highest BCUT2D eigenvalue weighted by Crippen LogP contribution is 2.42. The van der Waals surface area contributed by atoms with Crippen molar-refractivity contribution in [3.63, 3.8) is 0 Å². The van der Waals surface area contributed by atoms with Gasteiger partial charge in [-0.25, -0.2) is 4.98 Å². The van der Waals surface area contributed by atoms with Crippen molar-refractivity contribution in [1.82, 2.24) is 19.5 Å². The van der Waals surface area contributed by atoms with Crippen molar-refractivity contribution in [2.24, 2.45) is 0 Å². The minimum atomic E-state index is -1.47. The molecule has 0 bridgehead atoms. The van der Waals surface area contributed by atoms with E-state index < -0.39 is 34.2 Å². The van der Waals surface area contributed by atoms with Gasteiger partial charge < -0.3 is 25.8 Å². The van der Waals surface area contributed by atoms with Gasteiger partial charge in [0.15, 0.2) is 11.2 Å². The summed E-state index contributed by atoms with van der Waals surface area (Å²) in [6.45, 7) is -0.467. The zero-order valence-corrected chi connectivity index (χ0v) is 12.6. The largest absolute Gasteiger partial charge is 0.394 e. The highest BCUT2D eigenvalue weighted by molar-refractivity contribution is 14.1. The number of ether oxygens (including phenoxy) is 1. The Morgan fingerprint density at radius 3 is 2.90 bits per heavy atom. The fourth-order valence-corrected chi connectivity index (χ4v) is 3.31. The van der Waals surface area contributed by atoms with Crippen molar-refractivity contribution < 1.29 is 20.1 Å². The summed E-state index contributed by atoms with van der Waals surface area (Å²) in [5.74, 6) is -0.110. The van der Waals surface area contributed by atoms with E-state index in [0.717, 1.165) is 0 Å². The lowest BCUT2D eigenvalue weighted by Crippen LogP contribution is -2.40. The molecule has 0 amide bonds. The zero-order chi connectivity index (χ0) is 15.4. The van der Waals surface area contributed by atoms with Gasteiger partial charge in [0.1, 0.15) is 24.6 Å². The van der Waals surface area contributed by atoms with Crippen LogP contribution in [0.5, 0.6) is 0 Å². The lowest BCUT2D eigenvalue weighted by Gasteiger charge is -2.27. The number of alkyl halides is 1. The normalized spacial score (nSPS) is 32.9. The average molecular weight is 409 g/mol. The molecule has 3 rings (SSSR count). The number of H-pyrrole nitrogens is 1. The van der Waals surface area contributed by atoms with Gasteiger partial charge in [-0.3, -0.25) is 14.3 Å². The zero-order valence-electron chi connectivity index (χ0n) is 10.5. The lowest BCUT2D eigenvalue weighted by molar-refractivity contribution is -0.0646. The van der Waals surface area contributed by atoms with Crippen LogP contribution in [-0.2, 0) is 8.47 Å². The quantitative estimate of drug-likeness (QED) is 0.278. The maximum absolute atomic E-state index is 11.8. The van der Waals surface area contributed by atoms with Crippen LogP contribution in [0.3, 0.4) is 0 Å². The maximum atomic E-state index is 11.8. The van der Waals surface area contributed by atoms with Gasteiger partial charge in [-0.15, -0.1) is 0 Å². The molecule has 0 aromatic carbocycles. The number of aromatic nitrogens is 4. The number of hydrogen-bond donors (Lipinski definition) is 5. The predicted molar refractivity (Wildman–Crippen MR) is 78.5 cm³/mol. The van der Waals surface area contributed by atoms with Gasteiger partial charge in [0, 0.05) is 0 Å². The first-order valence-corrected chi connectivity index (χ1v) is 7.03. The number of aliphatic hydroxyl groups excluding tert-OH is 3. The number of hydrogen-bond acceptors (Lipinski definition) is 8. The van der Waals surface area contributed by atoms with Gasteiger partial charge >= 0.3 is 0 Å². The number of rotatable bonds is 2. The minimum Gasteiger partial charge on any atom is -0.394 e. The number of nitrogen functional groups attached to an aromatic ring is 1. The molecule has 0 unspecified atom stereocenters. The second-order valence-corrected chi connectivity index (χ2v) is 6.17. The molecule has 10 nitrogen and oxygen atoms in total. The molecule has 6 N–H and O–H groups in total. The van der Waals surface area contributed by atoms with E-state index in [9.17, 15) is 20.1 Å². The summed E-state index contributed by atoms with van der Waals surface area (Å²) in [6, 6.07) is 0. The molecule has 3 heterocycles. The first kappa shape index (κ1) is 14.6. The highest BCUT2D eigenvalue weighted by Gasteiger charge is 2.54. The van der Waals surface area contributed by atoms with Gasteiger partial charge in [0.2, 0.25) is 9.68 Å². The predicted octanol–water partition coefficient (Wildman–Crippen LogP) is -2.14. The smallest absolute Gasteiger partial charge is 0.280 e. The van der Waals surface area contributed by atoms with E-state index in [0.29, 0.717) is 0 Å². The average Bonchev–Trinajstić information content (AvgIpc) is 2.95. The Kier molecular flexibility index (Phi) is 3.40. The summed E-state index contributed by atoms with van der Waals surface area (Å²) in [7, 11) is 0. The Morgan fingerprint density at radius 1 is 1.57 bits per heavy atom. The molecule has 2 aromatic heterocycles. The van der Waals surface area contributed by atoms with Gasteiger partial charge in [0.25, 0.3) is 5.56 Å². The number of halogens is 1. The summed E-state index contributed by atoms with van der Waals surface area (Å²) in [5.41, 5.74) is 5.11. The van der Waals surface area contributed by atoms with Gasteiger partial charge in [-0.2, -0.15) is 4.98 Å². The van der Waals surface area contributed by atoms with Crippen LogP contribution in [0.2, 0.25) is 0 Å². The number of fused-ring (bicyclic) bond motifs is 1. The van der Waals surface area contributed by atoms with Crippen LogP contribution in [0.1, 0.15) is 0 Å². The summed E-state index contributed by atoms with van der Waals surface area (Å²) in [6.07, 6.45) is -2.35. The number of imidazole rings is 1. The first-order valence-electron chi connectivity index (χ1n) is 5.95. The fraction of sp³-hybridized carbons (Fsp3) is 0.500. The van der Waals surface area contributed by atoms with Crippen molar-refractivity contribution in [1.29, 1.82) is 0 Å². The second-order valence-electron chi connectivity index (χ2n) is 4.62. The number of nitrogens with two attached hydrogens (primary N) is 1. The Labute approximate surface area is 130 Å². The van der Waals surface area contributed by atoms with E-state index in [1.54, 1.807) is 22.6 Å². The van der Waals surface area contributed by atoms with Crippen molar-refractivity contribution in [2.75, 3.05) is 12.3 Å². The van der Waals surface area contributed by atoms with E-state index in [2.05, 4.69) is 15.0 Å². The van der Waals surface area contributed by atoms with E-state index >= 15 is 0 Å². The molecule has 2 aromatic rings. The van der Waals surface area contributed by atoms with E-state index in [1.807, 2.05) is 0 Å². The second kappa shape index (κ2) is 4.88. The maximum Gasteiger partial charge on any atom is 0.280 e. The molecular weight excluding hydrogens is 397 g/mol. The van der Waals surface area contributed by atoms with Crippen LogP contribution < -0.4 is 11.3 Å². The third kappa shape index (κ3) is 2.03. The van der Waals surface area contributed by atoms with Gasteiger partial charge in [-0.1, -0.05) is 0 Å². The molecule has 1 aliphatic heterocycles. The van der Waals surface area contributed by atoms with Gasteiger partial charge in [0.05, 0.1) is 6.61 Å². The van der Waals surface area contributed by atoms with Crippen molar-refractivity contribution in [2.45, 2.75) is 22.0 Å². The standard InChI is InChI=1S/C10H12IN5O5/c11-10(6(19)5(18)3(1-17)21-10)16-2-13-4-7(16)14-9(12)15-8(4)20/h2-3,5-6,17-19H,1H2,(H3,12,14,15,20)/t3-,5-,6-,10+/m1/s1. The van der Waals surface area contributed by atoms with Crippen LogP contribution >= 0.6 is 22.6 Å². The molecule has 4 atom stereocenters. The Balaban J connectivity index is 2.19. The Morgan fingerprint density at radius 2 is 2.29 bits per heavy atom. The van der Waals surface area contributed by atoms with Crippen LogP contribution in [0.25, 0.3) is 11.2 Å². The number of nitrogens with zero attached hydrogens (tertiary/aromatic N) is 3. The SMILES string of the molecule is Nc1nc2c(ncn2[C@]2(I)O[C@H](CO)[C@@H](O)[C@H]2O)c(=O)[nH]1. The number of aliphatic hydroxyl groups is 3. The molecule has 0 aliphatic carbocycles. The van der Waals surface area contributed by atoms with Crippen LogP contribution in [0, 0.1) is 0 Å². The summed E-state index contributed by atoms with van der Waals surface area (Å²) < 4.78 is 5.36. The van der Waals surface area contributed by atoms with E-state index in [4.69, 9.17) is 10.5 Å². The molecule has 21 heavy (non-hydrogen) atoms. The molecule has 0 spiro atoms. The van der Waals surface area contributed by atoms with E-state index in [1.165, 1.54) is 10.9 Å². The number of anilines is 1. The third-order valence-electron chi connectivity index (χ3n) is 3.32. The highest BCUT2D eigenvalue weighted by atomic mass is 127. The molecule has 1 fully saturated rings. The topological polar surface area (TPSA) is 160 Å². The molecule has 114 valence electrons. The number of aromatic amines is 1. The van der Waals surface area contributed by atoms with Crippen LogP contribution in [0.4, 0.5) is 5.95 Å². The monoisotopic (exact) mass is 409 g/mol. The first-order chi connectivity index (χ1) is 9.88. The Hall–Kier alpha value is -1.28. The van der Waals surface area contributed by atoms with Crippen molar-refractivity contribution in [3.8, 4) is 0 Å². The summed E-state index contributed by atoms with van der Waals surface area (Å²) in [4.78, 5) is 22.0. The fourth-order valence-electron chi connectivity index (χ4n) is 2.26. The molecule has 0 radical (unpaired) electrons. The Bertz CT molecular complexity index is 747. The van der Waals surface area contributed by atoms with Crippen molar-refractivity contribution in [3.05, 3.63) is 16.7 Å². The lowest BCUT2D eigenvalue weighted by atomic mass is 10.1. The third-order valence-corrected chi connectivity index (χ3v) is 4.73. The van der Waals surface area contributed by atoms with E-state index in [-0.39, 0.29) is 17.1 Å². The molecule has 11 heteroatoms. The van der Waals surface area contributed by atoms with Crippen LogP contribution in [-0.4, -0.2) is 59.8 Å². The molecule has 0 saturated carbocycles. The summed E-state index contributed by atoms with van der Waals surface area (Å²) in [5, 5.41) is 29.3. The van der Waals surface area contributed by atoms with Gasteiger partial charge in [-0.05, 0) is 22.6 Å². The number of nitrogens with one attached hydrogen (secondary N) is 1. The molecular formula is C10H12IN5O5. The van der Waals surface area contributed by atoms with Crippen molar-refractivity contribution >= 4 is 39.7 Å². The molecule has 1 aliphatic rings. The molecule has 1 saturated heterocycles. The van der Waals surface area contributed by atoms with Crippen LogP contribution in [0.15, 0.2) is 11.1 Å². The summed E-state index contributed by atoms with van der Waals surface area (Å²) >= 11 is 1.77.